The van der Waals surface area contributed by atoms with E-state index in [1.54, 1.807) is 0 Å². The van der Waals surface area contributed by atoms with Gasteiger partial charge in [-0.15, -0.1) is 0 Å². The van der Waals surface area contributed by atoms with Crippen LogP contribution in [0.3, 0.4) is 0 Å². The van der Waals surface area contributed by atoms with E-state index < -0.39 is 29.6 Å². The Balaban J connectivity index is 2.27. The van der Waals surface area contributed by atoms with Crippen LogP contribution >= 0.6 is 0 Å². The molecular weight excluding hydrogens is 285 g/mol. The quantitative estimate of drug-likeness (QED) is 0.869. The fourth-order valence-corrected chi connectivity index (χ4v) is 2.23. The van der Waals surface area contributed by atoms with Crippen molar-refractivity contribution in [3.05, 3.63) is 42.5 Å². The van der Waals surface area contributed by atoms with E-state index in [4.69, 9.17) is 0 Å². The van der Waals surface area contributed by atoms with Crippen LogP contribution in [0.15, 0.2) is 36.9 Å². The average Bonchev–Trinajstić information content (AvgIpc) is 2.79. The van der Waals surface area contributed by atoms with Crippen LogP contribution < -0.4 is 10.2 Å². The van der Waals surface area contributed by atoms with Crippen molar-refractivity contribution < 1.29 is 22.8 Å². The molecule has 1 aliphatic rings. The van der Waals surface area contributed by atoms with Gasteiger partial charge in [0, 0.05) is 6.54 Å². The standard InChI is InChI=1S/C14H13F3N2O2/c1-2-12(20)18-10-7-8-19(13(10)21)11-6-4-3-5-9(11)14(15,16)17/h2-6,10H,1,7-8H2,(H,18,20). The Morgan fingerprint density at radius 2 is 2.05 bits per heavy atom. The van der Waals surface area contributed by atoms with Gasteiger partial charge in [0.15, 0.2) is 0 Å². The summed E-state index contributed by atoms with van der Waals surface area (Å²) in [7, 11) is 0. The summed E-state index contributed by atoms with van der Waals surface area (Å²) in [5, 5.41) is 2.41. The summed E-state index contributed by atoms with van der Waals surface area (Å²) < 4.78 is 38.9. The van der Waals surface area contributed by atoms with Crippen LogP contribution in [0, 0.1) is 0 Å². The molecule has 4 nitrogen and oxygen atoms in total. The lowest BCUT2D eigenvalue weighted by Crippen LogP contribution is -2.41. The van der Waals surface area contributed by atoms with Crippen molar-refractivity contribution in [3.63, 3.8) is 0 Å². The lowest BCUT2D eigenvalue weighted by atomic mass is 10.1. The van der Waals surface area contributed by atoms with Gasteiger partial charge >= 0.3 is 6.18 Å². The molecule has 0 aliphatic carbocycles. The van der Waals surface area contributed by atoms with E-state index in [0.717, 1.165) is 17.0 Å². The van der Waals surface area contributed by atoms with Gasteiger partial charge in [0.2, 0.25) is 11.8 Å². The molecular formula is C14H13F3N2O2. The molecule has 2 rings (SSSR count). The summed E-state index contributed by atoms with van der Waals surface area (Å²) in [6.07, 6.45) is -3.27. The van der Waals surface area contributed by atoms with Crippen LogP contribution in [-0.2, 0) is 15.8 Å². The van der Waals surface area contributed by atoms with Crippen LogP contribution in [0.1, 0.15) is 12.0 Å². The van der Waals surface area contributed by atoms with E-state index in [9.17, 15) is 22.8 Å². The Kier molecular flexibility index (Phi) is 4.02. The molecule has 0 bridgehead atoms. The molecule has 2 amide bonds. The van der Waals surface area contributed by atoms with Crippen LogP contribution in [-0.4, -0.2) is 24.4 Å². The monoisotopic (exact) mass is 298 g/mol. The summed E-state index contributed by atoms with van der Waals surface area (Å²) in [6, 6.07) is 4.06. The molecule has 0 radical (unpaired) electrons. The fraction of sp³-hybridized carbons (Fsp3) is 0.286. The molecule has 1 aliphatic heterocycles. The van der Waals surface area contributed by atoms with Crippen molar-refractivity contribution >= 4 is 17.5 Å². The molecule has 1 aromatic rings. The molecule has 1 unspecified atom stereocenters. The number of alkyl halides is 3. The highest BCUT2D eigenvalue weighted by molar-refractivity contribution is 6.02. The van der Waals surface area contributed by atoms with Gasteiger partial charge < -0.3 is 10.2 Å². The van der Waals surface area contributed by atoms with Gasteiger partial charge in [-0.1, -0.05) is 18.7 Å². The lowest BCUT2D eigenvalue weighted by molar-refractivity contribution is -0.137. The van der Waals surface area contributed by atoms with E-state index in [2.05, 4.69) is 11.9 Å². The molecule has 1 fully saturated rings. The normalized spacial score (nSPS) is 18.7. The maximum Gasteiger partial charge on any atom is 0.418 e. The highest BCUT2D eigenvalue weighted by Crippen LogP contribution is 2.37. The highest BCUT2D eigenvalue weighted by Gasteiger charge is 2.39. The summed E-state index contributed by atoms with van der Waals surface area (Å²) in [5.74, 6) is -1.08. The Hall–Kier alpha value is -2.31. The Labute approximate surface area is 119 Å². The number of nitrogens with one attached hydrogen (secondary N) is 1. The molecule has 1 aromatic carbocycles. The molecule has 0 saturated carbocycles. The summed E-state index contributed by atoms with van der Waals surface area (Å²) >= 11 is 0. The van der Waals surface area contributed by atoms with Crippen molar-refractivity contribution in [2.75, 3.05) is 11.4 Å². The first-order valence-corrected chi connectivity index (χ1v) is 6.25. The van der Waals surface area contributed by atoms with Gasteiger partial charge in [-0.25, -0.2) is 0 Å². The zero-order valence-corrected chi connectivity index (χ0v) is 11.0. The number of para-hydroxylation sites is 1. The number of halogens is 3. The van der Waals surface area contributed by atoms with Crippen molar-refractivity contribution in [2.45, 2.75) is 18.6 Å². The van der Waals surface area contributed by atoms with Gasteiger partial charge in [0.25, 0.3) is 0 Å². The molecule has 1 atom stereocenters. The van der Waals surface area contributed by atoms with Crippen molar-refractivity contribution in [1.29, 1.82) is 0 Å². The number of hydrogen-bond acceptors (Lipinski definition) is 2. The molecule has 21 heavy (non-hydrogen) atoms. The lowest BCUT2D eigenvalue weighted by Gasteiger charge is -2.21. The largest absolute Gasteiger partial charge is 0.418 e. The second-order valence-electron chi connectivity index (χ2n) is 4.56. The summed E-state index contributed by atoms with van der Waals surface area (Å²) in [6.45, 7) is 3.38. The van der Waals surface area contributed by atoms with Gasteiger partial charge in [-0.2, -0.15) is 13.2 Å². The predicted octanol–water partition coefficient (Wildman–Crippen LogP) is 2.11. The number of rotatable bonds is 3. The minimum atomic E-state index is -4.54. The number of nitrogens with zero attached hydrogens (tertiary/aromatic N) is 1. The third-order valence-electron chi connectivity index (χ3n) is 3.21. The van der Waals surface area contributed by atoms with E-state index in [1.165, 1.54) is 18.2 Å². The first-order chi connectivity index (χ1) is 9.84. The number of carbonyl (C=O) groups excluding carboxylic acids is 2. The Morgan fingerprint density at radius 3 is 2.67 bits per heavy atom. The Bertz CT molecular complexity index is 584. The van der Waals surface area contributed by atoms with Crippen LogP contribution in [0.5, 0.6) is 0 Å². The molecule has 112 valence electrons. The minimum Gasteiger partial charge on any atom is -0.341 e. The van der Waals surface area contributed by atoms with Crippen LogP contribution in [0.2, 0.25) is 0 Å². The zero-order valence-electron chi connectivity index (χ0n) is 11.0. The SMILES string of the molecule is C=CC(=O)NC1CCN(c2ccccc2C(F)(F)F)C1=O. The summed E-state index contributed by atoms with van der Waals surface area (Å²) in [5.41, 5.74) is -1.06. The number of amides is 2. The molecule has 0 aromatic heterocycles. The second kappa shape index (κ2) is 5.59. The van der Waals surface area contributed by atoms with Crippen LogP contribution in [0.4, 0.5) is 18.9 Å². The molecule has 1 N–H and O–H groups in total. The topological polar surface area (TPSA) is 49.4 Å². The number of benzene rings is 1. The van der Waals surface area contributed by atoms with Crippen molar-refractivity contribution in [2.24, 2.45) is 0 Å². The first-order valence-electron chi connectivity index (χ1n) is 6.25. The maximum atomic E-state index is 13.0. The molecule has 1 saturated heterocycles. The minimum absolute atomic E-state index is 0.119. The van der Waals surface area contributed by atoms with Gasteiger partial charge in [-0.3, -0.25) is 9.59 Å². The first kappa shape index (κ1) is 15.1. The second-order valence-corrected chi connectivity index (χ2v) is 4.56. The summed E-state index contributed by atoms with van der Waals surface area (Å²) in [4.78, 5) is 24.4. The van der Waals surface area contributed by atoms with Crippen molar-refractivity contribution in [3.8, 4) is 0 Å². The third kappa shape index (κ3) is 3.07. The fourth-order valence-electron chi connectivity index (χ4n) is 2.23. The van der Waals surface area contributed by atoms with E-state index >= 15 is 0 Å². The molecule has 7 heteroatoms. The van der Waals surface area contributed by atoms with Gasteiger partial charge in [0.05, 0.1) is 11.3 Å². The third-order valence-corrected chi connectivity index (χ3v) is 3.21. The van der Waals surface area contributed by atoms with E-state index in [1.807, 2.05) is 0 Å². The Morgan fingerprint density at radius 1 is 1.38 bits per heavy atom. The predicted molar refractivity (Wildman–Crippen MR) is 70.5 cm³/mol. The van der Waals surface area contributed by atoms with E-state index in [-0.39, 0.29) is 18.7 Å². The van der Waals surface area contributed by atoms with Gasteiger partial charge in [-0.05, 0) is 24.6 Å². The number of anilines is 1. The van der Waals surface area contributed by atoms with Crippen LogP contribution in [0.25, 0.3) is 0 Å². The number of carbonyl (C=O) groups is 2. The number of hydrogen-bond donors (Lipinski definition) is 1. The maximum absolute atomic E-state index is 13.0. The van der Waals surface area contributed by atoms with E-state index in [0.29, 0.717) is 0 Å². The molecule has 1 heterocycles. The highest BCUT2D eigenvalue weighted by atomic mass is 19.4. The zero-order chi connectivity index (χ0) is 15.6. The van der Waals surface area contributed by atoms with Gasteiger partial charge in [0.1, 0.15) is 6.04 Å². The molecule has 0 spiro atoms. The van der Waals surface area contributed by atoms with Crippen molar-refractivity contribution in [1.82, 2.24) is 5.32 Å². The average molecular weight is 298 g/mol. The smallest absolute Gasteiger partial charge is 0.341 e.